The predicted molar refractivity (Wildman–Crippen MR) is 137 cm³/mol. The van der Waals surface area contributed by atoms with E-state index >= 15 is 0 Å². The Bertz CT molecular complexity index is 1050. The second-order valence-corrected chi connectivity index (χ2v) is 8.16. The third-order valence-corrected chi connectivity index (χ3v) is 6.09. The van der Waals surface area contributed by atoms with Gasteiger partial charge >= 0.3 is 0 Å². The Labute approximate surface area is 197 Å². The van der Waals surface area contributed by atoms with Crippen LogP contribution in [-0.4, -0.2) is 56.3 Å². The number of rotatable bonds is 8. The summed E-state index contributed by atoms with van der Waals surface area (Å²) in [6.45, 7) is 11.8. The number of ether oxygens (including phenoxy) is 1. The smallest absolute Gasteiger partial charge is 0.227 e. The van der Waals surface area contributed by atoms with Crippen LogP contribution in [0.1, 0.15) is 19.4 Å². The van der Waals surface area contributed by atoms with Gasteiger partial charge in [-0.1, -0.05) is 0 Å². The number of nitrogens with zero attached hydrogens (tertiary/aromatic N) is 5. The molecule has 1 fully saturated rings. The first-order chi connectivity index (χ1) is 16.1. The molecule has 0 spiro atoms. The molecule has 0 atom stereocenters. The lowest BCUT2D eigenvalue weighted by molar-refractivity contribution is 0.415. The number of benzene rings is 2. The van der Waals surface area contributed by atoms with Crippen LogP contribution in [0.25, 0.3) is 0 Å². The maximum atomic E-state index is 5.28. The molecular weight excluding hydrogens is 412 g/mol. The Kier molecular flexibility index (Phi) is 7.17. The van der Waals surface area contributed by atoms with Crippen molar-refractivity contribution in [2.75, 3.05) is 66.4 Å². The van der Waals surface area contributed by atoms with Gasteiger partial charge in [-0.05, 0) is 74.9 Å². The van der Waals surface area contributed by atoms with Gasteiger partial charge in [0.15, 0.2) is 0 Å². The maximum absolute atomic E-state index is 5.28. The molecule has 0 radical (unpaired) electrons. The minimum atomic E-state index is 0.794. The number of piperazine rings is 1. The molecule has 1 aromatic heterocycles. The summed E-state index contributed by atoms with van der Waals surface area (Å²) in [6, 6.07) is 16.8. The highest BCUT2D eigenvalue weighted by Crippen LogP contribution is 2.30. The molecule has 3 aromatic rings. The highest BCUT2D eigenvalue weighted by Gasteiger charge is 2.21. The Morgan fingerprint density at radius 2 is 1.70 bits per heavy atom. The number of aromatic nitrogens is 2. The highest BCUT2D eigenvalue weighted by molar-refractivity contribution is 5.67. The molecule has 2 heterocycles. The first-order valence-corrected chi connectivity index (χ1v) is 11.7. The van der Waals surface area contributed by atoms with Crippen LogP contribution in [0, 0.1) is 6.92 Å². The molecule has 0 bridgehead atoms. The lowest BCUT2D eigenvalue weighted by Crippen LogP contribution is -2.47. The van der Waals surface area contributed by atoms with Crippen molar-refractivity contribution in [3.63, 3.8) is 0 Å². The second-order valence-electron chi connectivity index (χ2n) is 8.16. The van der Waals surface area contributed by atoms with Crippen LogP contribution >= 0.6 is 0 Å². The lowest BCUT2D eigenvalue weighted by atomic mass is 10.1. The van der Waals surface area contributed by atoms with Gasteiger partial charge in [0.05, 0.1) is 7.11 Å². The van der Waals surface area contributed by atoms with Crippen molar-refractivity contribution in [3.8, 4) is 5.75 Å². The predicted octanol–water partition coefficient (Wildman–Crippen LogP) is 4.71. The number of anilines is 5. The molecule has 1 aliphatic rings. The summed E-state index contributed by atoms with van der Waals surface area (Å²) in [5.74, 6) is 2.61. The van der Waals surface area contributed by atoms with E-state index in [4.69, 9.17) is 9.72 Å². The minimum Gasteiger partial charge on any atom is -0.497 e. The van der Waals surface area contributed by atoms with Crippen molar-refractivity contribution < 1.29 is 4.74 Å². The molecule has 7 heteroatoms. The Morgan fingerprint density at radius 1 is 0.970 bits per heavy atom. The average Bonchev–Trinajstić information content (AvgIpc) is 2.86. The van der Waals surface area contributed by atoms with Crippen LogP contribution < -0.4 is 24.8 Å². The molecule has 33 heavy (non-hydrogen) atoms. The lowest BCUT2D eigenvalue weighted by Gasteiger charge is -2.36. The van der Waals surface area contributed by atoms with Crippen molar-refractivity contribution in [2.24, 2.45) is 0 Å². The van der Waals surface area contributed by atoms with Crippen molar-refractivity contribution in [1.82, 2.24) is 9.97 Å². The summed E-state index contributed by atoms with van der Waals surface area (Å²) in [5, 5.41) is 3.38. The van der Waals surface area contributed by atoms with Crippen LogP contribution in [0.5, 0.6) is 5.75 Å². The number of aryl methyl sites for hydroxylation is 1. The van der Waals surface area contributed by atoms with Crippen LogP contribution in [0.2, 0.25) is 0 Å². The summed E-state index contributed by atoms with van der Waals surface area (Å²) >= 11 is 0. The monoisotopic (exact) mass is 446 g/mol. The van der Waals surface area contributed by atoms with E-state index in [1.807, 2.05) is 24.4 Å². The molecule has 7 nitrogen and oxygen atoms in total. The fraction of sp³-hybridized carbons (Fsp3) is 0.385. The Morgan fingerprint density at radius 3 is 2.33 bits per heavy atom. The van der Waals surface area contributed by atoms with Gasteiger partial charge in [-0.15, -0.1) is 0 Å². The number of nitrogens with one attached hydrogen (secondary N) is 1. The number of methoxy groups -OCH3 is 1. The van der Waals surface area contributed by atoms with Crippen molar-refractivity contribution in [1.29, 1.82) is 0 Å². The van der Waals surface area contributed by atoms with E-state index in [9.17, 15) is 0 Å². The molecule has 174 valence electrons. The Balaban J connectivity index is 1.47. The first-order valence-electron chi connectivity index (χ1n) is 11.7. The number of hydrogen-bond acceptors (Lipinski definition) is 7. The van der Waals surface area contributed by atoms with Gasteiger partial charge in [0.25, 0.3) is 0 Å². The summed E-state index contributed by atoms with van der Waals surface area (Å²) < 4.78 is 5.28. The third-order valence-electron chi connectivity index (χ3n) is 6.09. The van der Waals surface area contributed by atoms with Crippen molar-refractivity contribution in [2.45, 2.75) is 20.8 Å². The third kappa shape index (κ3) is 5.13. The summed E-state index contributed by atoms with van der Waals surface area (Å²) in [4.78, 5) is 16.5. The van der Waals surface area contributed by atoms with E-state index < -0.39 is 0 Å². The molecule has 0 aliphatic carbocycles. The SMILES string of the molecule is CCNc1ccc(N(CC)c2ccnc(N3CCN(c4ccc(OC)cc4)CC3)n2)c(C)c1. The Hall–Kier alpha value is -3.48. The molecule has 4 rings (SSSR count). The fourth-order valence-corrected chi connectivity index (χ4v) is 4.33. The quantitative estimate of drug-likeness (QED) is 0.538. The molecule has 0 amide bonds. The van der Waals surface area contributed by atoms with E-state index in [1.165, 1.54) is 16.9 Å². The molecule has 1 N–H and O–H groups in total. The van der Waals surface area contributed by atoms with E-state index in [2.05, 4.69) is 76.1 Å². The zero-order valence-corrected chi connectivity index (χ0v) is 20.1. The average molecular weight is 447 g/mol. The van der Waals surface area contributed by atoms with Gasteiger partial charge in [-0.3, -0.25) is 0 Å². The topological polar surface area (TPSA) is 56.8 Å². The van der Waals surface area contributed by atoms with E-state index in [1.54, 1.807) is 7.11 Å². The van der Waals surface area contributed by atoms with Crippen molar-refractivity contribution >= 4 is 28.8 Å². The van der Waals surface area contributed by atoms with E-state index in [0.29, 0.717) is 0 Å². The summed E-state index contributed by atoms with van der Waals surface area (Å²) in [5.41, 5.74) is 4.77. The van der Waals surface area contributed by atoms with Crippen molar-refractivity contribution in [3.05, 3.63) is 60.3 Å². The van der Waals surface area contributed by atoms with Gasteiger partial charge in [-0.2, -0.15) is 4.98 Å². The largest absolute Gasteiger partial charge is 0.497 e. The summed E-state index contributed by atoms with van der Waals surface area (Å²) in [6.07, 6.45) is 1.87. The highest BCUT2D eigenvalue weighted by atomic mass is 16.5. The van der Waals surface area contributed by atoms with Gasteiger partial charge < -0.3 is 24.8 Å². The van der Waals surface area contributed by atoms with E-state index in [0.717, 1.165) is 62.5 Å². The second kappa shape index (κ2) is 10.4. The van der Waals surface area contributed by atoms with Crippen LogP contribution in [0.4, 0.5) is 28.8 Å². The zero-order chi connectivity index (χ0) is 23.2. The standard InChI is InChI=1S/C26H34N6O/c1-5-27-21-7-12-24(20(3)19-21)32(6-2)25-13-14-28-26(29-25)31-17-15-30(16-18-31)22-8-10-23(33-4)11-9-22/h7-14,19,27H,5-6,15-18H2,1-4H3. The van der Waals surface area contributed by atoms with Crippen LogP contribution in [0.15, 0.2) is 54.7 Å². The zero-order valence-electron chi connectivity index (χ0n) is 20.1. The molecule has 1 saturated heterocycles. The molecule has 0 saturated carbocycles. The van der Waals surface area contributed by atoms with Gasteiger partial charge in [-0.25, -0.2) is 4.98 Å². The van der Waals surface area contributed by atoms with Crippen LogP contribution in [-0.2, 0) is 0 Å². The molecule has 1 aliphatic heterocycles. The summed E-state index contributed by atoms with van der Waals surface area (Å²) in [7, 11) is 1.70. The first kappa shape index (κ1) is 22.7. The normalized spacial score (nSPS) is 13.7. The minimum absolute atomic E-state index is 0.794. The number of hydrogen-bond donors (Lipinski definition) is 1. The fourth-order valence-electron chi connectivity index (χ4n) is 4.33. The molecular formula is C26H34N6O. The molecule has 2 aromatic carbocycles. The van der Waals surface area contributed by atoms with Crippen LogP contribution in [0.3, 0.4) is 0 Å². The van der Waals surface area contributed by atoms with E-state index in [-0.39, 0.29) is 0 Å². The van der Waals surface area contributed by atoms with Gasteiger partial charge in [0, 0.05) is 62.5 Å². The van der Waals surface area contributed by atoms with Gasteiger partial charge in [0.2, 0.25) is 5.95 Å². The maximum Gasteiger partial charge on any atom is 0.227 e. The molecule has 0 unspecified atom stereocenters. The van der Waals surface area contributed by atoms with Gasteiger partial charge in [0.1, 0.15) is 11.6 Å².